The van der Waals surface area contributed by atoms with E-state index in [-0.39, 0.29) is 31.1 Å². The average Bonchev–Trinajstić information content (AvgIpc) is 3.41. The van der Waals surface area contributed by atoms with Gasteiger partial charge in [0.25, 0.3) is 0 Å². The third-order valence-electron chi connectivity index (χ3n) is 12.9. The highest BCUT2D eigenvalue weighted by molar-refractivity contribution is 5.71. The summed E-state index contributed by atoms with van der Waals surface area (Å²) in [5, 5.41) is 0. The Morgan fingerprint density at radius 3 is 0.853 bits per heavy atom. The van der Waals surface area contributed by atoms with Crippen LogP contribution in [0.15, 0.2) is 122 Å². The van der Waals surface area contributed by atoms with E-state index in [1.165, 1.54) is 103 Å². The first-order chi connectivity index (χ1) is 37.0. The summed E-state index contributed by atoms with van der Waals surface area (Å²) < 4.78 is 16.9. The summed E-state index contributed by atoms with van der Waals surface area (Å²) in [7, 11) is 0. The molecule has 1 atom stereocenters. The van der Waals surface area contributed by atoms with Crippen LogP contribution >= 0.6 is 0 Å². The van der Waals surface area contributed by atoms with Crippen molar-refractivity contribution in [2.45, 2.75) is 284 Å². The maximum absolute atomic E-state index is 12.9. The van der Waals surface area contributed by atoms with Crippen LogP contribution in [-0.2, 0) is 28.6 Å². The fourth-order valence-corrected chi connectivity index (χ4v) is 8.27. The third kappa shape index (κ3) is 60.6. The highest BCUT2D eigenvalue weighted by atomic mass is 16.6. The van der Waals surface area contributed by atoms with Crippen LogP contribution in [0, 0.1) is 0 Å². The molecule has 0 saturated carbocycles. The second-order valence-corrected chi connectivity index (χ2v) is 20.2. The Labute approximate surface area is 462 Å². The molecule has 0 aromatic rings. The van der Waals surface area contributed by atoms with Gasteiger partial charge >= 0.3 is 17.9 Å². The zero-order valence-corrected chi connectivity index (χ0v) is 48.8. The van der Waals surface area contributed by atoms with Crippen molar-refractivity contribution >= 4 is 17.9 Å². The van der Waals surface area contributed by atoms with Gasteiger partial charge in [-0.15, -0.1) is 0 Å². The van der Waals surface area contributed by atoms with E-state index in [2.05, 4.69) is 142 Å². The summed E-state index contributed by atoms with van der Waals surface area (Å²) in [6, 6.07) is 0. The van der Waals surface area contributed by atoms with Crippen molar-refractivity contribution in [1.82, 2.24) is 0 Å². The Hall–Kier alpha value is -4.19. The van der Waals surface area contributed by atoms with Gasteiger partial charge in [-0.1, -0.05) is 245 Å². The molecule has 0 radical (unpaired) electrons. The first-order valence-electron chi connectivity index (χ1n) is 31.0. The number of ether oxygens (including phenoxy) is 3. The van der Waals surface area contributed by atoms with Crippen LogP contribution < -0.4 is 0 Å². The van der Waals surface area contributed by atoms with Crippen molar-refractivity contribution in [3.05, 3.63) is 122 Å². The molecular weight excluding hydrogens is 925 g/mol. The van der Waals surface area contributed by atoms with Crippen molar-refractivity contribution in [3.8, 4) is 0 Å². The van der Waals surface area contributed by atoms with Gasteiger partial charge in [0.1, 0.15) is 13.2 Å². The molecule has 0 aliphatic rings. The molecule has 0 aromatic heterocycles. The summed E-state index contributed by atoms with van der Waals surface area (Å²) in [4.78, 5) is 38.3. The van der Waals surface area contributed by atoms with Crippen molar-refractivity contribution in [2.75, 3.05) is 13.2 Å². The Balaban J connectivity index is 4.51. The van der Waals surface area contributed by atoms with Gasteiger partial charge in [0.05, 0.1) is 0 Å². The van der Waals surface area contributed by atoms with Gasteiger partial charge in [-0.2, -0.15) is 0 Å². The largest absolute Gasteiger partial charge is 0.462 e. The Kier molecular flexibility index (Phi) is 58.9. The summed E-state index contributed by atoms with van der Waals surface area (Å²) in [5.41, 5.74) is 0. The molecule has 426 valence electrons. The molecule has 0 aliphatic heterocycles. The zero-order valence-electron chi connectivity index (χ0n) is 48.8. The lowest BCUT2D eigenvalue weighted by atomic mass is 10.1. The number of esters is 3. The minimum Gasteiger partial charge on any atom is -0.462 e. The molecule has 0 spiro atoms. The van der Waals surface area contributed by atoms with Crippen LogP contribution in [0.1, 0.15) is 278 Å². The third-order valence-corrected chi connectivity index (χ3v) is 12.9. The molecular formula is C69H114O6. The molecule has 0 rings (SSSR count). The van der Waals surface area contributed by atoms with E-state index in [1.807, 2.05) is 0 Å². The lowest BCUT2D eigenvalue weighted by molar-refractivity contribution is -0.167. The first-order valence-corrected chi connectivity index (χ1v) is 31.0. The maximum atomic E-state index is 12.9. The van der Waals surface area contributed by atoms with Crippen LogP contribution in [-0.4, -0.2) is 37.2 Å². The molecule has 6 nitrogen and oxygen atoms in total. The number of carbonyl (C=O) groups is 3. The fourth-order valence-electron chi connectivity index (χ4n) is 8.27. The standard InChI is InChI=1S/C69H114O6/c1-4-7-10-13-16-19-22-25-28-30-32-34-36-38-41-44-47-50-53-56-59-62-68(71)74-65-66(64-73-67(70)61-58-55-52-49-46-43-40-27-24-21-18-15-12-9-6-3)75-69(72)63-60-57-54-51-48-45-42-39-37-35-33-31-29-26-23-20-17-14-11-8-5-2/h7,10,16,19,23,25-28,31-34,37-41,47,50,66H,4-6,8-9,11-15,17-18,20-22,24,29-30,35-36,42-46,48-49,51-65H2,1-3H3/b10-7-,19-16-,26-23-,28-25-,33-31-,34-32-,39-37-,40-27-,41-38-,50-47-. The second-order valence-electron chi connectivity index (χ2n) is 20.2. The Morgan fingerprint density at radius 1 is 0.280 bits per heavy atom. The molecule has 0 bridgehead atoms. The summed E-state index contributed by atoms with van der Waals surface area (Å²) in [6.07, 6.45) is 86.2. The van der Waals surface area contributed by atoms with E-state index in [0.29, 0.717) is 25.7 Å². The SMILES string of the molecule is CC/C=C\C/C=C\C/C=C\C/C=C\C/C=C\C/C=C\CCCCC(=O)OCC(COC(=O)CCCCCCC/C=C\CCCCCCCC)OC(=O)CCCCCCCC/C=C\C/C=C\C/C=C\CCCCCCC. The predicted molar refractivity (Wildman–Crippen MR) is 325 cm³/mol. The highest BCUT2D eigenvalue weighted by Gasteiger charge is 2.19. The van der Waals surface area contributed by atoms with Gasteiger partial charge in [0.2, 0.25) is 0 Å². The summed E-state index contributed by atoms with van der Waals surface area (Å²) in [6.45, 7) is 6.46. The van der Waals surface area contributed by atoms with Gasteiger partial charge in [-0.05, 0) is 135 Å². The van der Waals surface area contributed by atoms with Crippen LogP contribution in [0.5, 0.6) is 0 Å². The predicted octanol–water partition coefficient (Wildman–Crippen LogP) is 21.2. The van der Waals surface area contributed by atoms with E-state index in [9.17, 15) is 14.4 Å². The molecule has 1 unspecified atom stereocenters. The molecule has 0 aromatic carbocycles. The Bertz CT molecular complexity index is 1570. The fraction of sp³-hybridized carbons (Fsp3) is 0.667. The molecule has 0 saturated heterocycles. The number of hydrogen-bond donors (Lipinski definition) is 0. The van der Waals surface area contributed by atoms with Gasteiger partial charge < -0.3 is 14.2 Å². The minimum atomic E-state index is -0.811. The molecule has 0 fully saturated rings. The topological polar surface area (TPSA) is 78.9 Å². The molecule has 0 amide bonds. The zero-order chi connectivity index (χ0) is 54.3. The second kappa shape index (κ2) is 62.4. The van der Waals surface area contributed by atoms with Crippen molar-refractivity contribution in [1.29, 1.82) is 0 Å². The van der Waals surface area contributed by atoms with Crippen LogP contribution in [0.4, 0.5) is 0 Å². The molecule has 0 N–H and O–H groups in total. The Morgan fingerprint density at radius 2 is 0.520 bits per heavy atom. The summed E-state index contributed by atoms with van der Waals surface area (Å²) >= 11 is 0. The monoisotopic (exact) mass is 1040 g/mol. The molecule has 75 heavy (non-hydrogen) atoms. The number of hydrogen-bond acceptors (Lipinski definition) is 6. The van der Waals surface area contributed by atoms with Gasteiger partial charge in [-0.3, -0.25) is 14.4 Å². The molecule has 0 aliphatic carbocycles. The van der Waals surface area contributed by atoms with Crippen LogP contribution in [0.25, 0.3) is 0 Å². The highest BCUT2D eigenvalue weighted by Crippen LogP contribution is 2.14. The summed E-state index contributed by atoms with van der Waals surface area (Å²) in [5.74, 6) is -0.967. The van der Waals surface area contributed by atoms with Crippen molar-refractivity contribution in [2.24, 2.45) is 0 Å². The maximum Gasteiger partial charge on any atom is 0.306 e. The van der Waals surface area contributed by atoms with Gasteiger partial charge in [-0.25, -0.2) is 0 Å². The molecule has 0 heterocycles. The van der Waals surface area contributed by atoms with Crippen LogP contribution in [0.2, 0.25) is 0 Å². The normalized spacial score (nSPS) is 12.9. The van der Waals surface area contributed by atoms with E-state index in [0.717, 1.165) is 128 Å². The van der Waals surface area contributed by atoms with Gasteiger partial charge in [0, 0.05) is 19.3 Å². The van der Waals surface area contributed by atoms with Gasteiger partial charge in [0.15, 0.2) is 6.10 Å². The van der Waals surface area contributed by atoms with E-state index < -0.39 is 6.10 Å². The number of unbranched alkanes of at least 4 members (excludes halogenated alkanes) is 24. The van der Waals surface area contributed by atoms with E-state index in [1.54, 1.807) is 0 Å². The number of allylic oxidation sites excluding steroid dienone is 20. The first kappa shape index (κ1) is 70.8. The smallest absolute Gasteiger partial charge is 0.306 e. The molecule has 6 heteroatoms. The quantitative estimate of drug-likeness (QED) is 0.0261. The van der Waals surface area contributed by atoms with E-state index in [4.69, 9.17) is 14.2 Å². The van der Waals surface area contributed by atoms with E-state index >= 15 is 0 Å². The van der Waals surface area contributed by atoms with Crippen molar-refractivity contribution in [3.63, 3.8) is 0 Å². The lowest BCUT2D eigenvalue weighted by Crippen LogP contribution is -2.30. The number of carbonyl (C=O) groups excluding carboxylic acids is 3. The van der Waals surface area contributed by atoms with Crippen LogP contribution in [0.3, 0.4) is 0 Å². The van der Waals surface area contributed by atoms with Crippen molar-refractivity contribution < 1.29 is 28.6 Å². The lowest BCUT2D eigenvalue weighted by Gasteiger charge is -2.18. The number of rotatable bonds is 55. The average molecular weight is 1040 g/mol. The minimum absolute atomic E-state index is 0.104.